The first-order valence-electron chi connectivity index (χ1n) is 9.39. The maximum absolute atomic E-state index is 12.8. The lowest BCUT2D eigenvalue weighted by molar-refractivity contribution is 0.125. The molecule has 0 radical (unpaired) electrons. The number of aryl methyl sites for hydroxylation is 2. The first-order chi connectivity index (χ1) is 13.4. The van der Waals surface area contributed by atoms with Crippen molar-refractivity contribution < 1.29 is 9.84 Å². The molecular weight excluding hydrogens is 372 g/mol. The van der Waals surface area contributed by atoms with Gasteiger partial charge in [-0.3, -0.25) is 9.36 Å². The topological polar surface area (TPSA) is 64.3 Å². The van der Waals surface area contributed by atoms with Gasteiger partial charge in [-0.25, -0.2) is 4.98 Å². The van der Waals surface area contributed by atoms with Crippen LogP contribution in [0.4, 0.5) is 0 Å². The number of ether oxygens (including phenoxy) is 1. The predicted octanol–water partition coefficient (Wildman–Crippen LogP) is 4.13. The van der Waals surface area contributed by atoms with Gasteiger partial charge in [0.2, 0.25) is 0 Å². The highest BCUT2D eigenvalue weighted by molar-refractivity contribution is 7.99. The first kappa shape index (κ1) is 20.4. The van der Waals surface area contributed by atoms with Crippen LogP contribution in [0.3, 0.4) is 0 Å². The largest absolute Gasteiger partial charge is 0.490 e. The molecule has 0 unspecified atom stereocenters. The summed E-state index contributed by atoms with van der Waals surface area (Å²) in [5, 5.41) is 11.6. The van der Waals surface area contributed by atoms with Gasteiger partial charge >= 0.3 is 0 Å². The molecule has 28 heavy (non-hydrogen) atoms. The van der Waals surface area contributed by atoms with E-state index < -0.39 is 6.10 Å². The van der Waals surface area contributed by atoms with Crippen molar-refractivity contribution in [3.8, 4) is 5.75 Å². The molecule has 0 amide bonds. The fraction of sp³-hybridized carbons (Fsp3) is 0.364. The summed E-state index contributed by atoms with van der Waals surface area (Å²) in [5.41, 5.74) is 2.71. The van der Waals surface area contributed by atoms with Crippen molar-refractivity contribution in [1.82, 2.24) is 9.55 Å². The number of aliphatic hydroxyl groups excluding tert-OH is 1. The number of aromatic nitrogens is 2. The zero-order valence-electron chi connectivity index (χ0n) is 16.7. The van der Waals surface area contributed by atoms with E-state index in [1.165, 1.54) is 11.8 Å². The van der Waals surface area contributed by atoms with Gasteiger partial charge in [0, 0.05) is 11.8 Å². The van der Waals surface area contributed by atoms with Gasteiger partial charge in [0.1, 0.15) is 12.4 Å². The van der Waals surface area contributed by atoms with E-state index in [9.17, 15) is 9.90 Å². The first-order valence-corrected chi connectivity index (χ1v) is 10.4. The van der Waals surface area contributed by atoms with E-state index in [0.717, 1.165) is 16.9 Å². The summed E-state index contributed by atoms with van der Waals surface area (Å²) in [6, 6.07) is 13.3. The van der Waals surface area contributed by atoms with Gasteiger partial charge in [0.05, 0.1) is 17.0 Å². The maximum atomic E-state index is 12.8. The average molecular weight is 399 g/mol. The molecular formula is C22H26N2O3S. The second-order valence-electron chi connectivity index (χ2n) is 7.18. The molecule has 0 fully saturated rings. The molecule has 0 aliphatic carbocycles. The summed E-state index contributed by atoms with van der Waals surface area (Å²) >= 11 is 1.38. The molecule has 0 saturated carbocycles. The Labute approximate surface area is 169 Å². The van der Waals surface area contributed by atoms with Gasteiger partial charge in [-0.1, -0.05) is 42.1 Å². The van der Waals surface area contributed by atoms with Crippen LogP contribution in [0.1, 0.15) is 31.0 Å². The zero-order valence-corrected chi connectivity index (χ0v) is 17.5. The summed E-state index contributed by atoms with van der Waals surface area (Å²) in [6.45, 7) is 8.09. The third-order valence-electron chi connectivity index (χ3n) is 4.53. The monoisotopic (exact) mass is 398 g/mol. The summed E-state index contributed by atoms with van der Waals surface area (Å²) in [7, 11) is 0. The quantitative estimate of drug-likeness (QED) is 0.479. The van der Waals surface area contributed by atoms with Crippen LogP contribution in [-0.4, -0.2) is 33.1 Å². The molecule has 1 atom stereocenters. The fourth-order valence-electron chi connectivity index (χ4n) is 3.11. The Balaban J connectivity index is 1.74. The Bertz CT molecular complexity index is 1010. The van der Waals surface area contributed by atoms with E-state index in [1.54, 1.807) is 10.6 Å². The summed E-state index contributed by atoms with van der Waals surface area (Å²) in [6.07, 6.45) is -0.673. The minimum atomic E-state index is -0.673. The molecule has 3 aromatic rings. The molecule has 5 nitrogen and oxygen atoms in total. The third kappa shape index (κ3) is 4.39. The zero-order chi connectivity index (χ0) is 20.3. The van der Waals surface area contributed by atoms with Gasteiger partial charge in [-0.2, -0.15) is 0 Å². The summed E-state index contributed by atoms with van der Waals surface area (Å²) in [4.78, 5) is 17.5. The van der Waals surface area contributed by atoms with Crippen LogP contribution in [0.2, 0.25) is 0 Å². The normalized spacial score (nSPS) is 12.5. The molecule has 1 aromatic heterocycles. The van der Waals surface area contributed by atoms with Gasteiger partial charge in [-0.15, -0.1) is 0 Å². The smallest absolute Gasteiger partial charge is 0.262 e. The Morgan fingerprint density at radius 1 is 1.11 bits per heavy atom. The van der Waals surface area contributed by atoms with Gasteiger partial charge in [0.15, 0.2) is 5.16 Å². The number of fused-ring (bicyclic) bond motifs is 1. The van der Waals surface area contributed by atoms with Crippen molar-refractivity contribution in [2.45, 2.75) is 45.0 Å². The number of hydrogen-bond donors (Lipinski definition) is 1. The van der Waals surface area contributed by atoms with Crippen molar-refractivity contribution in [3.05, 3.63) is 63.9 Å². The molecule has 0 aliphatic heterocycles. The minimum Gasteiger partial charge on any atom is -0.490 e. The number of para-hydroxylation sites is 2. The van der Waals surface area contributed by atoms with Crippen LogP contribution in [0.15, 0.2) is 52.4 Å². The second-order valence-corrected chi connectivity index (χ2v) is 8.16. The van der Waals surface area contributed by atoms with Crippen LogP contribution >= 0.6 is 11.8 Å². The Morgan fingerprint density at radius 3 is 2.46 bits per heavy atom. The maximum Gasteiger partial charge on any atom is 0.262 e. The lowest BCUT2D eigenvalue weighted by Gasteiger charge is -2.18. The SMILES string of the molecule is Cc1cccc(C)c1OC[C@H](O)CSc1nc2ccccc2c(=O)n1C(C)C. The summed E-state index contributed by atoms with van der Waals surface area (Å²) in [5.74, 6) is 1.21. The summed E-state index contributed by atoms with van der Waals surface area (Å²) < 4.78 is 7.52. The van der Waals surface area contributed by atoms with Crippen LogP contribution in [-0.2, 0) is 0 Å². The number of thioether (sulfide) groups is 1. The van der Waals surface area contributed by atoms with E-state index in [0.29, 0.717) is 21.8 Å². The Kier molecular flexibility index (Phi) is 6.42. The number of aliphatic hydroxyl groups is 1. The van der Waals surface area contributed by atoms with Crippen LogP contribution in [0, 0.1) is 13.8 Å². The molecule has 2 aromatic carbocycles. The lowest BCUT2D eigenvalue weighted by atomic mass is 10.1. The highest BCUT2D eigenvalue weighted by Crippen LogP contribution is 2.24. The number of benzene rings is 2. The van der Waals surface area contributed by atoms with Gasteiger partial charge in [0.25, 0.3) is 5.56 Å². The van der Waals surface area contributed by atoms with E-state index >= 15 is 0 Å². The minimum absolute atomic E-state index is 0.0184. The van der Waals surface area contributed by atoms with E-state index in [4.69, 9.17) is 4.74 Å². The van der Waals surface area contributed by atoms with Crippen LogP contribution in [0.5, 0.6) is 5.75 Å². The molecule has 1 N–H and O–H groups in total. The van der Waals surface area contributed by atoms with Crippen molar-refractivity contribution in [1.29, 1.82) is 0 Å². The van der Waals surface area contributed by atoms with Crippen LogP contribution < -0.4 is 10.3 Å². The number of nitrogens with zero attached hydrogens (tertiary/aromatic N) is 2. The Morgan fingerprint density at radius 2 is 1.79 bits per heavy atom. The van der Waals surface area contributed by atoms with E-state index in [2.05, 4.69) is 4.98 Å². The molecule has 0 aliphatic rings. The number of rotatable bonds is 7. The Hall–Kier alpha value is -2.31. The van der Waals surface area contributed by atoms with Crippen molar-refractivity contribution in [3.63, 3.8) is 0 Å². The lowest BCUT2D eigenvalue weighted by Crippen LogP contribution is -2.26. The van der Waals surface area contributed by atoms with E-state index in [1.807, 2.05) is 64.1 Å². The fourth-order valence-corrected chi connectivity index (χ4v) is 4.14. The molecule has 1 heterocycles. The van der Waals surface area contributed by atoms with Gasteiger partial charge in [-0.05, 0) is 51.0 Å². The van der Waals surface area contributed by atoms with E-state index in [-0.39, 0.29) is 18.2 Å². The van der Waals surface area contributed by atoms with Gasteiger partial charge < -0.3 is 9.84 Å². The van der Waals surface area contributed by atoms with Crippen molar-refractivity contribution >= 4 is 22.7 Å². The average Bonchev–Trinajstić information content (AvgIpc) is 2.65. The molecule has 0 saturated heterocycles. The van der Waals surface area contributed by atoms with Crippen molar-refractivity contribution in [2.24, 2.45) is 0 Å². The second kappa shape index (κ2) is 8.80. The standard InChI is InChI=1S/C22H26N2O3S/c1-14(2)24-21(26)18-10-5-6-11-19(18)23-22(24)28-13-17(25)12-27-20-15(3)8-7-9-16(20)4/h5-11,14,17,25H,12-13H2,1-4H3/t17-/m0/s1. The molecule has 6 heteroatoms. The van der Waals surface area contributed by atoms with Crippen LogP contribution in [0.25, 0.3) is 10.9 Å². The highest BCUT2D eigenvalue weighted by Gasteiger charge is 2.16. The third-order valence-corrected chi connectivity index (χ3v) is 5.62. The number of hydrogen-bond acceptors (Lipinski definition) is 5. The molecule has 3 rings (SSSR count). The molecule has 0 spiro atoms. The predicted molar refractivity (Wildman–Crippen MR) is 115 cm³/mol. The van der Waals surface area contributed by atoms with Crippen molar-refractivity contribution in [2.75, 3.05) is 12.4 Å². The molecule has 0 bridgehead atoms. The molecule has 148 valence electrons. The highest BCUT2D eigenvalue weighted by atomic mass is 32.2.